The van der Waals surface area contributed by atoms with Gasteiger partial charge in [0, 0.05) is 13.0 Å². The van der Waals surface area contributed by atoms with Crippen molar-refractivity contribution in [3.63, 3.8) is 0 Å². The van der Waals surface area contributed by atoms with E-state index in [1.54, 1.807) is 19.1 Å². The zero-order chi connectivity index (χ0) is 20.2. The average Bonchev–Trinajstić information content (AvgIpc) is 3.02. The van der Waals surface area contributed by atoms with Crippen molar-refractivity contribution in [2.75, 3.05) is 12.4 Å². The third-order valence-corrected chi connectivity index (χ3v) is 5.71. The van der Waals surface area contributed by atoms with E-state index >= 15 is 0 Å². The summed E-state index contributed by atoms with van der Waals surface area (Å²) in [6, 6.07) is 4.56. The van der Waals surface area contributed by atoms with E-state index in [1.807, 2.05) is 13.8 Å². The van der Waals surface area contributed by atoms with E-state index in [-0.39, 0.29) is 28.5 Å². The number of anilines is 1. The summed E-state index contributed by atoms with van der Waals surface area (Å²) < 4.78 is 38.7. The van der Waals surface area contributed by atoms with Gasteiger partial charge in [0.2, 0.25) is 21.8 Å². The topological polar surface area (TPSA) is 111 Å². The zero-order valence-electron chi connectivity index (χ0n) is 16.1. The maximum atomic E-state index is 12.8. The van der Waals surface area contributed by atoms with Gasteiger partial charge in [-0.25, -0.2) is 13.1 Å². The lowest BCUT2D eigenvalue weighted by Crippen LogP contribution is -2.32. The highest BCUT2D eigenvalue weighted by Gasteiger charge is 2.25. The molecule has 0 spiro atoms. The van der Waals surface area contributed by atoms with Crippen molar-refractivity contribution in [3.8, 4) is 16.9 Å². The van der Waals surface area contributed by atoms with Gasteiger partial charge in [-0.05, 0) is 37.5 Å². The Balaban J connectivity index is 2.62. The Morgan fingerprint density at radius 3 is 2.59 bits per heavy atom. The molecule has 148 valence electrons. The number of carbonyl (C=O) groups excluding carboxylic acids is 1. The molecule has 0 saturated heterocycles. The largest absolute Gasteiger partial charge is 0.495 e. The fraction of sp³-hybridized carbons (Fsp3) is 0.444. The first-order valence-corrected chi connectivity index (χ1v) is 10.2. The first-order valence-electron chi connectivity index (χ1n) is 8.70. The molecular weight excluding hydrogens is 370 g/mol. The van der Waals surface area contributed by atoms with E-state index in [1.165, 1.54) is 20.1 Å². The summed E-state index contributed by atoms with van der Waals surface area (Å²) in [7, 11) is -2.38. The molecule has 0 fully saturated rings. The number of ether oxygens (including phenoxy) is 1. The van der Waals surface area contributed by atoms with E-state index < -0.39 is 10.0 Å². The number of hydrogen-bond donors (Lipinski definition) is 2. The van der Waals surface area contributed by atoms with Crippen LogP contribution >= 0.6 is 0 Å². The molecule has 9 heteroatoms. The minimum atomic E-state index is -3.80. The van der Waals surface area contributed by atoms with Crippen LogP contribution in [0, 0.1) is 0 Å². The van der Waals surface area contributed by atoms with Crippen LogP contribution in [0.2, 0.25) is 0 Å². The number of hydrogen-bond acceptors (Lipinski definition) is 6. The number of methoxy groups -OCH3 is 1. The summed E-state index contributed by atoms with van der Waals surface area (Å²) in [5, 5.41) is 6.56. The highest BCUT2D eigenvalue weighted by atomic mass is 32.2. The van der Waals surface area contributed by atoms with Crippen LogP contribution in [0.15, 0.2) is 27.6 Å². The molecule has 2 N–H and O–H groups in total. The minimum Gasteiger partial charge on any atom is -0.495 e. The summed E-state index contributed by atoms with van der Waals surface area (Å²) in [5.41, 5.74) is 1.72. The Morgan fingerprint density at radius 2 is 2.04 bits per heavy atom. The smallest absolute Gasteiger partial charge is 0.244 e. The molecule has 0 radical (unpaired) electrons. The molecule has 2 rings (SSSR count). The van der Waals surface area contributed by atoms with Gasteiger partial charge in [-0.15, -0.1) is 0 Å². The van der Waals surface area contributed by atoms with Crippen LogP contribution in [0.25, 0.3) is 11.1 Å². The molecule has 0 aliphatic rings. The first kappa shape index (κ1) is 20.9. The summed E-state index contributed by atoms with van der Waals surface area (Å²) in [5.74, 6) is 0.0997. The highest BCUT2D eigenvalue weighted by Crippen LogP contribution is 2.36. The number of rotatable bonds is 8. The summed E-state index contributed by atoms with van der Waals surface area (Å²) in [6.45, 7) is 6.94. The lowest BCUT2D eigenvalue weighted by Gasteiger charge is -2.15. The first-order chi connectivity index (χ1) is 12.7. The van der Waals surface area contributed by atoms with Crippen LogP contribution < -0.4 is 14.8 Å². The number of sulfonamides is 1. The van der Waals surface area contributed by atoms with Crippen LogP contribution in [-0.2, 0) is 21.2 Å². The van der Waals surface area contributed by atoms with Gasteiger partial charge in [0.25, 0.3) is 0 Å². The quantitative estimate of drug-likeness (QED) is 0.711. The number of aromatic nitrogens is 1. The molecule has 0 saturated carbocycles. The number of nitrogens with one attached hydrogen (secondary N) is 2. The maximum Gasteiger partial charge on any atom is 0.244 e. The van der Waals surface area contributed by atoms with Crippen LogP contribution in [0.3, 0.4) is 0 Å². The van der Waals surface area contributed by atoms with Crippen molar-refractivity contribution in [2.45, 2.75) is 51.5 Å². The van der Waals surface area contributed by atoms with E-state index in [0.29, 0.717) is 29.7 Å². The fourth-order valence-corrected chi connectivity index (χ4v) is 4.08. The van der Waals surface area contributed by atoms with Crippen molar-refractivity contribution in [2.24, 2.45) is 0 Å². The zero-order valence-corrected chi connectivity index (χ0v) is 16.9. The third-order valence-electron chi connectivity index (χ3n) is 4.10. The Hall–Kier alpha value is -2.39. The van der Waals surface area contributed by atoms with Gasteiger partial charge in [0.1, 0.15) is 10.6 Å². The van der Waals surface area contributed by atoms with Crippen LogP contribution in [-0.4, -0.2) is 32.6 Å². The minimum absolute atomic E-state index is 0.0137. The van der Waals surface area contributed by atoms with E-state index in [4.69, 9.17) is 9.26 Å². The van der Waals surface area contributed by atoms with Crippen molar-refractivity contribution >= 4 is 21.8 Å². The average molecular weight is 395 g/mol. The Bertz CT molecular complexity index is 921. The van der Waals surface area contributed by atoms with Crippen LogP contribution in [0.1, 0.15) is 39.8 Å². The van der Waals surface area contributed by atoms with E-state index in [9.17, 15) is 13.2 Å². The molecule has 8 nitrogen and oxygen atoms in total. The molecule has 0 unspecified atom stereocenters. The lowest BCUT2D eigenvalue weighted by molar-refractivity contribution is -0.114. The summed E-state index contributed by atoms with van der Waals surface area (Å²) in [4.78, 5) is 11.5. The lowest BCUT2D eigenvalue weighted by atomic mass is 10.0. The van der Waals surface area contributed by atoms with Crippen molar-refractivity contribution in [3.05, 3.63) is 23.9 Å². The molecule has 0 bridgehead atoms. The summed E-state index contributed by atoms with van der Waals surface area (Å²) in [6.07, 6.45) is 1.21. The molecule has 2 aromatic rings. The number of amides is 1. The van der Waals surface area contributed by atoms with Crippen molar-refractivity contribution in [1.82, 2.24) is 9.88 Å². The van der Waals surface area contributed by atoms with E-state index in [0.717, 1.165) is 0 Å². The Morgan fingerprint density at radius 1 is 1.33 bits per heavy atom. The van der Waals surface area contributed by atoms with Gasteiger partial charge in [0.15, 0.2) is 0 Å². The van der Waals surface area contributed by atoms with Gasteiger partial charge < -0.3 is 9.26 Å². The van der Waals surface area contributed by atoms with Crippen LogP contribution in [0.4, 0.5) is 5.88 Å². The number of aryl methyl sites for hydroxylation is 1. The fourth-order valence-electron chi connectivity index (χ4n) is 2.56. The Kier molecular flexibility index (Phi) is 6.61. The molecule has 0 aliphatic heterocycles. The van der Waals surface area contributed by atoms with Crippen molar-refractivity contribution < 1.29 is 22.5 Å². The van der Waals surface area contributed by atoms with Gasteiger partial charge >= 0.3 is 0 Å². The monoisotopic (exact) mass is 395 g/mol. The standard InChI is InChI=1S/C18H25N3O5S/c1-6-11(3)21-27(23,24)16-10-13(8-9-15(16)25-5)17-14(7-2)20-26-18(17)19-12(4)22/h8-11,21H,6-7H2,1-5H3,(H,19,22)/t11-/m0/s1. The van der Waals surface area contributed by atoms with Gasteiger partial charge in [-0.2, -0.15) is 0 Å². The molecule has 1 atom stereocenters. The molecule has 0 aliphatic carbocycles. The van der Waals surface area contributed by atoms with Crippen LogP contribution in [0.5, 0.6) is 5.75 Å². The second-order valence-electron chi connectivity index (χ2n) is 6.16. The molecule has 1 heterocycles. The SMILES string of the molecule is CCc1noc(NC(C)=O)c1-c1ccc(OC)c(S(=O)(=O)N[C@@H](C)CC)c1. The van der Waals surface area contributed by atoms with Gasteiger partial charge in [-0.1, -0.05) is 25.1 Å². The normalized spacial score (nSPS) is 12.6. The number of carbonyl (C=O) groups is 1. The summed E-state index contributed by atoms with van der Waals surface area (Å²) >= 11 is 0. The van der Waals surface area contributed by atoms with Gasteiger partial charge in [0.05, 0.1) is 18.4 Å². The maximum absolute atomic E-state index is 12.8. The van der Waals surface area contributed by atoms with Gasteiger partial charge in [-0.3, -0.25) is 10.1 Å². The molecular formula is C18H25N3O5S. The van der Waals surface area contributed by atoms with E-state index in [2.05, 4.69) is 15.2 Å². The van der Waals surface area contributed by atoms with Crippen molar-refractivity contribution in [1.29, 1.82) is 0 Å². The molecule has 1 amide bonds. The molecule has 1 aromatic heterocycles. The molecule has 1 aromatic carbocycles. The molecule has 27 heavy (non-hydrogen) atoms. The highest BCUT2D eigenvalue weighted by molar-refractivity contribution is 7.89. The number of benzene rings is 1. The Labute approximate surface area is 159 Å². The predicted molar refractivity (Wildman–Crippen MR) is 102 cm³/mol. The number of nitrogens with zero attached hydrogens (tertiary/aromatic N) is 1. The second-order valence-corrected chi connectivity index (χ2v) is 7.85. The third kappa shape index (κ3) is 4.67. The predicted octanol–water partition coefficient (Wildman–Crippen LogP) is 2.95. The second kappa shape index (κ2) is 8.53.